The first-order valence-corrected chi connectivity index (χ1v) is 8.11. The normalized spacial score (nSPS) is 14.8. The molecule has 4 nitrogen and oxygen atoms in total. The van der Waals surface area contributed by atoms with Crippen LogP contribution >= 0.6 is 11.6 Å². The zero-order valence-corrected chi connectivity index (χ0v) is 13.9. The van der Waals surface area contributed by atoms with Crippen LogP contribution in [0.4, 0.5) is 14.9 Å². The van der Waals surface area contributed by atoms with Crippen LogP contribution in [0.25, 0.3) is 0 Å². The molecule has 0 radical (unpaired) electrons. The van der Waals surface area contributed by atoms with Crippen molar-refractivity contribution in [3.05, 3.63) is 58.9 Å². The molecule has 2 aromatic carbocycles. The summed E-state index contributed by atoms with van der Waals surface area (Å²) in [5, 5.41) is 5.81. The Morgan fingerprint density at radius 1 is 1.25 bits per heavy atom. The van der Waals surface area contributed by atoms with Gasteiger partial charge in [-0.1, -0.05) is 23.7 Å². The fraction of sp³-hybridized carbons (Fsp3) is 0.278. The number of carbonyl (C=O) groups excluding carboxylic acids is 1. The van der Waals surface area contributed by atoms with Crippen LogP contribution in [0.5, 0.6) is 5.75 Å². The van der Waals surface area contributed by atoms with E-state index in [9.17, 15) is 9.18 Å². The number of anilines is 1. The molecular weight excluding hydrogens is 331 g/mol. The molecule has 126 valence electrons. The first-order valence-electron chi connectivity index (χ1n) is 7.73. The number of amides is 2. The Morgan fingerprint density at radius 2 is 1.96 bits per heavy atom. The second-order valence-electron chi connectivity index (χ2n) is 5.81. The lowest BCUT2D eigenvalue weighted by atomic mass is 10.0. The van der Waals surface area contributed by atoms with E-state index in [4.69, 9.17) is 16.3 Å². The summed E-state index contributed by atoms with van der Waals surface area (Å²) in [4.78, 5) is 12.3. The SMILES string of the molecule is COc1ccc(C(NC(=O)Nc2cc(Cl)ccc2F)C2CC2)cc1. The van der Waals surface area contributed by atoms with Crippen molar-refractivity contribution in [2.45, 2.75) is 18.9 Å². The minimum Gasteiger partial charge on any atom is -0.497 e. The maximum atomic E-state index is 13.7. The summed E-state index contributed by atoms with van der Waals surface area (Å²) in [6.07, 6.45) is 2.12. The van der Waals surface area contributed by atoms with Crippen LogP contribution in [0.1, 0.15) is 24.4 Å². The van der Waals surface area contributed by atoms with E-state index in [-0.39, 0.29) is 11.7 Å². The van der Waals surface area contributed by atoms with Crippen LogP contribution in [-0.2, 0) is 0 Å². The zero-order valence-electron chi connectivity index (χ0n) is 13.2. The minimum absolute atomic E-state index is 0.0595. The molecule has 1 atom stereocenters. The Bertz CT molecular complexity index is 732. The highest BCUT2D eigenvalue weighted by Crippen LogP contribution is 2.41. The smallest absolute Gasteiger partial charge is 0.319 e. The first kappa shape index (κ1) is 16.6. The van der Waals surface area contributed by atoms with Crippen molar-refractivity contribution in [3.8, 4) is 5.75 Å². The Hall–Kier alpha value is -2.27. The third kappa shape index (κ3) is 3.97. The van der Waals surface area contributed by atoms with E-state index < -0.39 is 11.8 Å². The lowest BCUT2D eigenvalue weighted by Gasteiger charge is -2.19. The van der Waals surface area contributed by atoms with Crippen molar-refractivity contribution in [1.29, 1.82) is 0 Å². The summed E-state index contributed by atoms with van der Waals surface area (Å²) in [7, 11) is 1.61. The molecule has 0 aliphatic heterocycles. The Labute approximate surface area is 145 Å². The average Bonchev–Trinajstić information content (AvgIpc) is 3.41. The highest BCUT2D eigenvalue weighted by atomic mass is 35.5. The van der Waals surface area contributed by atoms with Crippen LogP contribution in [0.2, 0.25) is 5.02 Å². The molecule has 2 N–H and O–H groups in total. The summed E-state index contributed by atoms with van der Waals surface area (Å²) in [6.45, 7) is 0. The van der Waals surface area contributed by atoms with Crippen molar-refractivity contribution in [2.75, 3.05) is 12.4 Å². The molecule has 1 fully saturated rings. The molecule has 1 aliphatic carbocycles. The number of hydrogen-bond donors (Lipinski definition) is 2. The molecule has 2 aromatic rings. The van der Waals surface area contributed by atoms with Crippen LogP contribution in [0.3, 0.4) is 0 Å². The molecule has 0 aromatic heterocycles. The van der Waals surface area contributed by atoms with Gasteiger partial charge in [0.15, 0.2) is 0 Å². The van der Waals surface area contributed by atoms with Gasteiger partial charge in [0, 0.05) is 5.02 Å². The fourth-order valence-electron chi connectivity index (χ4n) is 2.61. The summed E-state index contributed by atoms with van der Waals surface area (Å²) < 4.78 is 18.9. The van der Waals surface area contributed by atoms with E-state index in [0.717, 1.165) is 24.2 Å². The molecule has 6 heteroatoms. The average molecular weight is 349 g/mol. The van der Waals surface area contributed by atoms with Gasteiger partial charge in [-0.2, -0.15) is 0 Å². The van der Waals surface area contributed by atoms with E-state index in [2.05, 4.69) is 10.6 Å². The van der Waals surface area contributed by atoms with Crippen LogP contribution in [0.15, 0.2) is 42.5 Å². The van der Waals surface area contributed by atoms with Gasteiger partial charge in [-0.05, 0) is 54.7 Å². The lowest BCUT2D eigenvalue weighted by molar-refractivity contribution is 0.247. The van der Waals surface area contributed by atoms with Crippen LogP contribution in [0, 0.1) is 11.7 Å². The second-order valence-corrected chi connectivity index (χ2v) is 6.25. The van der Waals surface area contributed by atoms with Gasteiger partial charge < -0.3 is 15.4 Å². The van der Waals surface area contributed by atoms with E-state index in [0.29, 0.717) is 10.9 Å². The summed E-state index contributed by atoms with van der Waals surface area (Å²) in [6, 6.07) is 11.1. The van der Waals surface area contributed by atoms with Gasteiger partial charge in [0.25, 0.3) is 0 Å². The van der Waals surface area contributed by atoms with Crippen LogP contribution < -0.4 is 15.4 Å². The third-order valence-electron chi connectivity index (χ3n) is 4.03. The first-order chi connectivity index (χ1) is 11.6. The third-order valence-corrected chi connectivity index (χ3v) is 4.27. The highest BCUT2D eigenvalue weighted by Gasteiger charge is 2.33. The van der Waals surface area contributed by atoms with E-state index in [1.165, 1.54) is 18.2 Å². The van der Waals surface area contributed by atoms with Crippen molar-refractivity contribution in [2.24, 2.45) is 5.92 Å². The molecule has 1 aliphatic rings. The van der Waals surface area contributed by atoms with Gasteiger partial charge in [0.05, 0.1) is 18.8 Å². The molecule has 0 spiro atoms. The molecule has 0 heterocycles. The van der Waals surface area contributed by atoms with Crippen molar-refractivity contribution in [3.63, 3.8) is 0 Å². The van der Waals surface area contributed by atoms with Crippen LogP contribution in [-0.4, -0.2) is 13.1 Å². The Kier molecular flexibility index (Phi) is 4.90. The number of benzene rings is 2. The molecule has 0 bridgehead atoms. The maximum absolute atomic E-state index is 13.7. The van der Waals surface area contributed by atoms with E-state index >= 15 is 0 Å². The molecule has 1 saturated carbocycles. The fourth-order valence-corrected chi connectivity index (χ4v) is 2.78. The van der Waals surface area contributed by atoms with Crippen molar-refractivity contribution >= 4 is 23.3 Å². The van der Waals surface area contributed by atoms with Gasteiger partial charge in [0.2, 0.25) is 0 Å². The number of nitrogens with one attached hydrogen (secondary N) is 2. The lowest BCUT2D eigenvalue weighted by Crippen LogP contribution is -2.33. The summed E-state index contributed by atoms with van der Waals surface area (Å²) in [5.74, 6) is 0.633. The Morgan fingerprint density at radius 3 is 2.58 bits per heavy atom. The number of methoxy groups -OCH3 is 1. The standard InChI is InChI=1S/C18H18ClFN2O2/c1-24-14-7-4-12(5-8-14)17(11-2-3-11)22-18(23)21-16-10-13(19)6-9-15(16)20/h4-11,17H,2-3H2,1H3,(H2,21,22,23). The van der Waals surface area contributed by atoms with Gasteiger partial charge >= 0.3 is 6.03 Å². The van der Waals surface area contributed by atoms with Gasteiger partial charge in [-0.15, -0.1) is 0 Å². The van der Waals surface area contributed by atoms with E-state index in [1.54, 1.807) is 7.11 Å². The molecule has 0 saturated heterocycles. The summed E-state index contributed by atoms with van der Waals surface area (Å²) in [5.41, 5.74) is 1.06. The van der Waals surface area contributed by atoms with Crippen molar-refractivity contribution < 1.29 is 13.9 Å². The topological polar surface area (TPSA) is 50.4 Å². The number of ether oxygens (including phenoxy) is 1. The largest absolute Gasteiger partial charge is 0.497 e. The Balaban J connectivity index is 1.71. The van der Waals surface area contributed by atoms with Crippen molar-refractivity contribution in [1.82, 2.24) is 5.32 Å². The number of carbonyl (C=O) groups is 1. The highest BCUT2D eigenvalue weighted by molar-refractivity contribution is 6.30. The van der Waals surface area contributed by atoms with E-state index in [1.807, 2.05) is 24.3 Å². The van der Waals surface area contributed by atoms with Gasteiger partial charge in [-0.3, -0.25) is 0 Å². The minimum atomic E-state index is -0.526. The number of halogens is 2. The number of rotatable bonds is 5. The second kappa shape index (κ2) is 7.09. The molecule has 24 heavy (non-hydrogen) atoms. The molecular formula is C18H18ClFN2O2. The predicted octanol–water partition coefficient (Wildman–Crippen LogP) is 4.76. The monoisotopic (exact) mass is 348 g/mol. The molecule has 2 amide bonds. The van der Waals surface area contributed by atoms with Gasteiger partial charge in [0.1, 0.15) is 11.6 Å². The maximum Gasteiger partial charge on any atom is 0.319 e. The quantitative estimate of drug-likeness (QED) is 0.818. The molecule has 3 rings (SSSR count). The number of hydrogen-bond acceptors (Lipinski definition) is 2. The molecule has 1 unspecified atom stereocenters. The summed E-state index contributed by atoms with van der Waals surface area (Å²) >= 11 is 5.84. The predicted molar refractivity (Wildman–Crippen MR) is 92.0 cm³/mol. The number of urea groups is 1. The zero-order chi connectivity index (χ0) is 17.1. The van der Waals surface area contributed by atoms with Gasteiger partial charge in [-0.25, -0.2) is 9.18 Å².